The molecule has 1 aliphatic heterocycles. The minimum Gasteiger partial charge on any atom is -0.465 e. The zero-order valence-electron chi connectivity index (χ0n) is 13.9. The molecule has 0 aromatic heterocycles. The molecule has 1 aliphatic rings. The lowest BCUT2D eigenvalue weighted by Crippen LogP contribution is -2.28. The summed E-state index contributed by atoms with van der Waals surface area (Å²) in [5.74, 6) is 1.10. The molecule has 6 nitrogen and oxygen atoms in total. The second kappa shape index (κ2) is 7.40. The molecular weight excluding hydrogens is 340 g/mol. The van der Waals surface area contributed by atoms with Gasteiger partial charge in [-0.1, -0.05) is 12.1 Å². The van der Waals surface area contributed by atoms with Crippen LogP contribution in [0.4, 0.5) is 5.69 Å². The van der Waals surface area contributed by atoms with Gasteiger partial charge in [-0.15, -0.1) is 0 Å². The first-order valence-electron chi connectivity index (χ1n) is 7.69. The maximum Gasteiger partial charge on any atom is 0.337 e. The second-order valence-corrected chi connectivity index (χ2v) is 5.92. The van der Waals surface area contributed by atoms with Gasteiger partial charge in [0, 0.05) is 12.2 Å². The Morgan fingerprint density at radius 2 is 2.00 bits per heavy atom. The summed E-state index contributed by atoms with van der Waals surface area (Å²) in [6, 6.07) is 11.0. The molecule has 0 saturated carbocycles. The van der Waals surface area contributed by atoms with Crippen molar-refractivity contribution >= 4 is 29.0 Å². The average Bonchev–Trinajstić information content (AvgIpc) is 3.09. The molecule has 0 bridgehead atoms. The van der Waals surface area contributed by atoms with Crippen LogP contribution in [0.15, 0.2) is 36.4 Å². The van der Waals surface area contributed by atoms with Crippen LogP contribution in [0, 0.1) is 6.92 Å². The third-order valence-electron chi connectivity index (χ3n) is 3.80. The van der Waals surface area contributed by atoms with Crippen LogP contribution in [0.2, 0.25) is 0 Å². The first-order valence-corrected chi connectivity index (χ1v) is 8.10. The number of rotatable bonds is 4. The molecule has 2 aromatic carbocycles. The summed E-state index contributed by atoms with van der Waals surface area (Å²) in [5, 5.41) is 6.71. The van der Waals surface area contributed by atoms with Crippen LogP contribution in [0.5, 0.6) is 11.5 Å². The normalized spacial score (nSPS) is 11.8. The Kier molecular flexibility index (Phi) is 5.04. The Morgan fingerprint density at radius 1 is 1.20 bits per heavy atom. The quantitative estimate of drug-likeness (QED) is 0.643. The molecule has 2 N–H and O–H groups in total. The van der Waals surface area contributed by atoms with Gasteiger partial charge in [-0.3, -0.25) is 0 Å². The van der Waals surface area contributed by atoms with Crippen LogP contribution in [0.25, 0.3) is 0 Å². The van der Waals surface area contributed by atoms with E-state index in [2.05, 4.69) is 10.6 Å². The van der Waals surface area contributed by atoms with E-state index in [4.69, 9.17) is 26.4 Å². The number of esters is 1. The van der Waals surface area contributed by atoms with E-state index in [1.165, 1.54) is 7.11 Å². The number of hydrogen-bond acceptors (Lipinski definition) is 5. The van der Waals surface area contributed by atoms with Gasteiger partial charge in [-0.2, -0.15) is 0 Å². The highest BCUT2D eigenvalue weighted by atomic mass is 32.1. The number of fused-ring (bicyclic) bond motifs is 1. The number of carbonyl (C=O) groups excluding carboxylic acids is 1. The maximum atomic E-state index is 11.6. The number of hydrogen-bond donors (Lipinski definition) is 2. The molecule has 0 spiro atoms. The summed E-state index contributed by atoms with van der Waals surface area (Å²) in [5.41, 5.74) is 3.22. The minimum absolute atomic E-state index is 0.252. The monoisotopic (exact) mass is 358 g/mol. The molecular formula is C18H18N2O4S. The maximum absolute atomic E-state index is 11.6. The summed E-state index contributed by atoms with van der Waals surface area (Å²) in [6.07, 6.45) is 0. The number of aryl methyl sites for hydroxylation is 1. The van der Waals surface area contributed by atoms with E-state index in [9.17, 15) is 4.79 Å². The fraction of sp³-hybridized carbons (Fsp3) is 0.222. The second-order valence-electron chi connectivity index (χ2n) is 5.52. The highest BCUT2D eigenvalue weighted by Gasteiger charge is 2.13. The zero-order chi connectivity index (χ0) is 17.8. The van der Waals surface area contributed by atoms with Gasteiger partial charge in [0.2, 0.25) is 6.79 Å². The smallest absolute Gasteiger partial charge is 0.337 e. The van der Waals surface area contributed by atoms with E-state index in [0.29, 0.717) is 17.2 Å². The lowest BCUT2D eigenvalue weighted by Gasteiger charge is -2.13. The molecule has 3 rings (SSSR count). The van der Waals surface area contributed by atoms with Gasteiger partial charge in [0.1, 0.15) is 0 Å². The number of thiocarbonyl (C=S) groups is 1. The van der Waals surface area contributed by atoms with Crippen LogP contribution < -0.4 is 20.1 Å². The molecule has 1 heterocycles. The number of benzene rings is 2. The molecule has 0 unspecified atom stereocenters. The molecule has 25 heavy (non-hydrogen) atoms. The Labute approximate surface area is 151 Å². The Bertz CT molecular complexity index is 823. The van der Waals surface area contributed by atoms with Crippen LogP contribution in [0.1, 0.15) is 21.5 Å². The lowest BCUT2D eigenvalue weighted by atomic mass is 10.1. The third kappa shape index (κ3) is 4.00. The summed E-state index contributed by atoms with van der Waals surface area (Å²) >= 11 is 5.34. The third-order valence-corrected chi connectivity index (χ3v) is 4.04. The van der Waals surface area contributed by atoms with Crippen molar-refractivity contribution in [2.75, 3.05) is 19.2 Å². The topological polar surface area (TPSA) is 68.8 Å². The first kappa shape index (κ1) is 17.0. The van der Waals surface area contributed by atoms with Crippen molar-refractivity contribution in [3.8, 4) is 11.5 Å². The molecule has 0 fully saturated rings. The van der Waals surface area contributed by atoms with E-state index >= 15 is 0 Å². The number of methoxy groups -OCH3 is 1. The molecule has 2 aromatic rings. The summed E-state index contributed by atoms with van der Waals surface area (Å²) < 4.78 is 15.4. The van der Waals surface area contributed by atoms with E-state index in [1.807, 2.05) is 31.2 Å². The predicted octanol–water partition coefficient (Wildman–Crippen LogP) is 3.00. The predicted molar refractivity (Wildman–Crippen MR) is 98.1 cm³/mol. The Hall–Kier alpha value is -2.80. The Balaban J connectivity index is 1.62. The van der Waals surface area contributed by atoms with Crippen molar-refractivity contribution < 1.29 is 19.0 Å². The van der Waals surface area contributed by atoms with Gasteiger partial charge < -0.3 is 24.8 Å². The van der Waals surface area contributed by atoms with Crippen LogP contribution in [0.3, 0.4) is 0 Å². The van der Waals surface area contributed by atoms with Crippen molar-refractivity contribution in [2.45, 2.75) is 13.5 Å². The summed E-state index contributed by atoms with van der Waals surface area (Å²) in [4.78, 5) is 11.6. The largest absolute Gasteiger partial charge is 0.465 e. The summed E-state index contributed by atoms with van der Waals surface area (Å²) in [7, 11) is 1.35. The number of ether oxygens (including phenoxy) is 3. The standard InChI is InChI=1S/C18H18N2O4S/c1-11-3-5-13(17(21)22-2)8-14(11)20-18(25)19-9-12-4-6-15-16(7-12)24-10-23-15/h3-8H,9-10H2,1-2H3,(H2,19,20,25). The number of anilines is 1. The van der Waals surface area contributed by atoms with Gasteiger partial charge in [-0.05, 0) is 54.5 Å². The number of nitrogens with one attached hydrogen (secondary N) is 2. The summed E-state index contributed by atoms with van der Waals surface area (Å²) in [6.45, 7) is 2.73. The average molecular weight is 358 g/mol. The molecule has 0 radical (unpaired) electrons. The van der Waals surface area contributed by atoms with Crippen molar-refractivity contribution in [3.05, 3.63) is 53.1 Å². The van der Waals surface area contributed by atoms with Crippen molar-refractivity contribution in [1.82, 2.24) is 5.32 Å². The van der Waals surface area contributed by atoms with Crippen molar-refractivity contribution in [2.24, 2.45) is 0 Å². The van der Waals surface area contributed by atoms with Gasteiger partial charge in [0.05, 0.1) is 12.7 Å². The van der Waals surface area contributed by atoms with Gasteiger partial charge >= 0.3 is 5.97 Å². The fourth-order valence-corrected chi connectivity index (χ4v) is 2.58. The van der Waals surface area contributed by atoms with Crippen molar-refractivity contribution in [1.29, 1.82) is 0 Å². The van der Waals surface area contributed by atoms with Gasteiger partial charge in [0.25, 0.3) is 0 Å². The molecule has 7 heteroatoms. The highest BCUT2D eigenvalue weighted by molar-refractivity contribution is 7.80. The minimum atomic E-state index is -0.387. The van der Waals surface area contributed by atoms with E-state index in [0.717, 1.165) is 28.3 Å². The van der Waals surface area contributed by atoms with Crippen LogP contribution in [-0.4, -0.2) is 25.0 Å². The molecule has 0 aliphatic carbocycles. The molecule has 0 amide bonds. The fourth-order valence-electron chi connectivity index (χ4n) is 2.40. The van der Waals surface area contributed by atoms with Crippen LogP contribution >= 0.6 is 12.2 Å². The van der Waals surface area contributed by atoms with Crippen LogP contribution in [-0.2, 0) is 11.3 Å². The van der Waals surface area contributed by atoms with Crippen molar-refractivity contribution in [3.63, 3.8) is 0 Å². The van der Waals surface area contributed by atoms with E-state index in [1.54, 1.807) is 12.1 Å². The number of carbonyl (C=O) groups is 1. The van der Waals surface area contributed by atoms with E-state index in [-0.39, 0.29) is 12.8 Å². The zero-order valence-corrected chi connectivity index (χ0v) is 14.7. The lowest BCUT2D eigenvalue weighted by molar-refractivity contribution is 0.0601. The molecule has 130 valence electrons. The van der Waals surface area contributed by atoms with E-state index < -0.39 is 0 Å². The molecule has 0 atom stereocenters. The first-order chi connectivity index (χ1) is 12.1. The van der Waals surface area contributed by atoms with Gasteiger partial charge in [0.15, 0.2) is 16.6 Å². The Morgan fingerprint density at radius 3 is 2.80 bits per heavy atom. The molecule has 0 saturated heterocycles. The SMILES string of the molecule is COC(=O)c1ccc(C)c(NC(=S)NCc2ccc3c(c2)OCO3)c1. The highest BCUT2D eigenvalue weighted by Crippen LogP contribution is 2.32. The van der Waals surface area contributed by atoms with Gasteiger partial charge in [-0.25, -0.2) is 4.79 Å².